The lowest BCUT2D eigenvalue weighted by Crippen LogP contribution is -2.29. The first-order valence-electron chi connectivity index (χ1n) is 5.13. The standard InChI is InChI=1S/C10H17N3O3S/c1-9(2)8-16-7-6-12-17(14,15)10-4-5-11-13(10)3/h4-5,12H,1,6-8H2,2-3H3. The Labute approximate surface area is 101 Å². The van der Waals surface area contributed by atoms with E-state index in [1.165, 1.54) is 16.9 Å². The summed E-state index contributed by atoms with van der Waals surface area (Å²) >= 11 is 0. The highest BCUT2D eigenvalue weighted by atomic mass is 32.2. The van der Waals surface area contributed by atoms with Crippen LogP contribution >= 0.6 is 0 Å². The maximum atomic E-state index is 11.8. The Morgan fingerprint density at radius 2 is 2.35 bits per heavy atom. The zero-order chi connectivity index (χ0) is 12.9. The minimum absolute atomic E-state index is 0.136. The second-order valence-electron chi connectivity index (χ2n) is 3.70. The molecular formula is C10H17N3O3S. The first-order valence-corrected chi connectivity index (χ1v) is 6.61. The average Bonchev–Trinajstić information content (AvgIpc) is 2.64. The van der Waals surface area contributed by atoms with Gasteiger partial charge in [-0.05, 0) is 13.0 Å². The van der Waals surface area contributed by atoms with Crippen LogP contribution in [-0.4, -0.2) is 38.0 Å². The van der Waals surface area contributed by atoms with Gasteiger partial charge in [0.1, 0.15) is 0 Å². The van der Waals surface area contributed by atoms with Gasteiger partial charge in [0, 0.05) is 13.6 Å². The zero-order valence-corrected chi connectivity index (χ0v) is 10.8. The van der Waals surface area contributed by atoms with E-state index >= 15 is 0 Å². The van der Waals surface area contributed by atoms with Crippen molar-refractivity contribution >= 4 is 10.0 Å². The van der Waals surface area contributed by atoms with Crippen molar-refractivity contribution in [2.75, 3.05) is 19.8 Å². The summed E-state index contributed by atoms with van der Waals surface area (Å²) in [6, 6.07) is 1.44. The largest absolute Gasteiger partial charge is 0.376 e. The van der Waals surface area contributed by atoms with Crippen molar-refractivity contribution in [1.29, 1.82) is 0 Å². The number of hydrogen-bond acceptors (Lipinski definition) is 4. The number of aromatic nitrogens is 2. The lowest BCUT2D eigenvalue weighted by Gasteiger charge is -2.07. The molecule has 0 atom stereocenters. The van der Waals surface area contributed by atoms with Crippen LogP contribution in [0.4, 0.5) is 0 Å². The number of nitrogens with one attached hydrogen (secondary N) is 1. The number of rotatable bonds is 7. The first-order chi connectivity index (χ1) is 7.93. The molecule has 1 N–H and O–H groups in total. The number of aryl methyl sites for hydroxylation is 1. The summed E-state index contributed by atoms with van der Waals surface area (Å²) in [7, 11) is -1.92. The second kappa shape index (κ2) is 5.95. The van der Waals surface area contributed by atoms with E-state index in [0.717, 1.165) is 5.57 Å². The maximum Gasteiger partial charge on any atom is 0.257 e. The third-order valence-electron chi connectivity index (χ3n) is 1.94. The van der Waals surface area contributed by atoms with Gasteiger partial charge in [0.05, 0.1) is 19.4 Å². The molecule has 0 spiro atoms. The second-order valence-corrected chi connectivity index (χ2v) is 5.41. The highest BCUT2D eigenvalue weighted by Crippen LogP contribution is 2.04. The number of nitrogens with zero attached hydrogens (tertiary/aromatic N) is 2. The Kier molecular flexibility index (Phi) is 4.86. The Hall–Kier alpha value is -1.18. The van der Waals surface area contributed by atoms with Crippen LogP contribution in [0, 0.1) is 0 Å². The molecule has 0 radical (unpaired) electrons. The SMILES string of the molecule is C=C(C)COCCNS(=O)(=O)c1ccnn1C. The minimum atomic E-state index is -3.50. The fourth-order valence-electron chi connectivity index (χ4n) is 1.19. The van der Waals surface area contributed by atoms with Crippen molar-refractivity contribution in [2.24, 2.45) is 7.05 Å². The van der Waals surface area contributed by atoms with Gasteiger partial charge in [-0.3, -0.25) is 4.68 Å². The predicted octanol–water partition coefficient (Wildman–Crippen LogP) is 0.291. The van der Waals surface area contributed by atoms with E-state index in [0.29, 0.717) is 13.2 Å². The fourth-order valence-corrected chi connectivity index (χ4v) is 2.33. The molecular weight excluding hydrogens is 242 g/mol. The van der Waals surface area contributed by atoms with E-state index < -0.39 is 10.0 Å². The molecule has 96 valence electrons. The Balaban J connectivity index is 2.41. The summed E-state index contributed by atoms with van der Waals surface area (Å²) in [4.78, 5) is 0. The van der Waals surface area contributed by atoms with Crippen LogP contribution in [0.25, 0.3) is 0 Å². The van der Waals surface area contributed by atoms with Crippen LogP contribution in [-0.2, 0) is 21.8 Å². The van der Waals surface area contributed by atoms with Gasteiger partial charge in [-0.1, -0.05) is 12.2 Å². The molecule has 0 unspecified atom stereocenters. The molecule has 0 saturated heterocycles. The van der Waals surface area contributed by atoms with Crippen LogP contribution in [0.15, 0.2) is 29.4 Å². The van der Waals surface area contributed by atoms with Crippen LogP contribution in [0.5, 0.6) is 0 Å². The monoisotopic (exact) mass is 259 g/mol. The van der Waals surface area contributed by atoms with Crippen LogP contribution in [0.1, 0.15) is 6.92 Å². The molecule has 1 aromatic heterocycles. The van der Waals surface area contributed by atoms with E-state index in [1.54, 1.807) is 7.05 Å². The smallest absolute Gasteiger partial charge is 0.257 e. The highest BCUT2D eigenvalue weighted by Gasteiger charge is 2.16. The Morgan fingerprint density at radius 3 is 2.88 bits per heavy atom. The molecule has 0 aliphatic rings. The molecule has 17 heavy (non-hydrogen) atoms. The van der Waals surface area contributed by atoms with Gasteiger partial charge in [-0.2, -0.15) is 5.10 Å². The minimum Gasteiger partial charge on any atom is -0.376 e. The van der Waals surface area contributed by atoms with Gasteiger partial charge >= 0.3 is 0 Å². The number of ether oxygens (including phenoxy) is 1. The van der Waals surface area contributed by atoms with E-state index in [9.17, 15) is 8.42 Å². The molecule has 0 aliphatic heterocycles. The molecule has 1 aromatic rings. The van der Waals surface area contributed by atoms with Gasteiger partial charge in [0.25, 0.3) is 10.0 Å². The topological polar surface area (TPSA) is 73.2 Å². The lowest BCUT2D eigenvalue weighted by atomic mass is 10.4. The van der Waals surface area contributed by atoms with Crippen molar-refractivity contribution in [1.82, 2.24) is 14.5 Å². The van der Waals surface area contributed by atoms with Gasteiger partial charge in [0.15, 0.2) is 5.03 Å². The lowest BCUT2D eigenvalue weighted by molar-refractivity contribution is 0.162. The molecule has 0 saturated carbocycles. The fraction of sp³-hybridized carbons (Fsp3) is 0.500. The van der Waals surface area contributed by atoms with Gasteiger partial charge in [0.2, 0.25) is 0 Å². The summed E-state index contributed by atoms with van der Waals surface area (Å²) in [5.74, 6) is 0. The van der Waals surface area contributed by atoms with E-state index in [2.05, 4.69) is 16.4 Å². The van der Waals surface area contributed by atoms with Crippen LogP contribution in [0.2, 0.25) is 0 Å². The molecule has 1 heterocycles. The highest BCUT2D eigenvalue weighted by molar-refractivity contribution is 7.89. The number of hydrogen-bond donors (Lipinski definition) is 1. The molecule has 0 aromatic carbocycles. The molecule has 0 amide bonds. The maximum absolute atomic E-state index is 11.8. The normalized spacial score (nSPS) is 11.6. The van der Waals surface area contributed by atoms with Crippen LogP contribution in [0.3, 0.4) is 0 Å². The van der Waals surface area contributed by atoms with Gasteiger partial charge in [-0.15, -0.1) is 0 Å². The molecule has 0 fully saturated rings. The summed E-state index contributed by atoms with van der Waals surface area (Å²) in [5, 5.41) is 3.94. The molecule has 0 bridgehead atoms. The van der Waals surface area contributed by atoms with Crippen molar-refractivity contribution in [3.8, 4) is 0 Å². The van der Waals surface area contributed by atoms with E-state index in [-0.39, 0.29) is 11.6 Å². The van der Waals surface area contributed by atoms with E-state index in [4.69, 9.17) is 4.74 Å². The molecule has 7 heteroatoms. The summed E-state index contributed by atoms with van der Waals surface area (Å²) in [6.07, 6.45) is 1.44. The van der Waals surface area contributed by atoms with Crippen molar-refractivity contribution in [2.45, 2.75) is 11.9 Å². The first kappa shape index (κ1) is 13.9. The third kappa shape index (κ3) is 4.29. The van der Waals surface area contributed by atoms with E-state index in [1.807, 2.05) is 6.92 Å². The molecule has 6 nitrogen and oxygen atoms in total. The summed E-state index contributed by atoms with van der Waals surface area (Å²) in [5.41, 5.74) is 0.902. The quantitative estimate of drug-likeness (QED) is 0.564. The van der Waals surface area contributed by atoms with Crippen molar-refractivity contribution in [3.05, 3.63) is 24.4 Å². The Morgan fingerprint density at radius 1 is 1.65 bits per heavy atom. The van der Waals surface area contributed by atoms with Gasteiger partial charge in [-0.25, -0.2) is 13.1 Å². The zero-order valence-electron chi connectivity index (χ0n) is 10.0. The van der Waals surface area contributed by atoms with Gasteiger partial charge < -0.3 is 4.74 Å². The predicted molar refractivity (Wildman–Crippen MR) is 64.0 cm³/mol. The third-order valence-corrected chi connectivity index (χ3v) is 3.47. The molecule has 1 rings (SSSR count). The number of sulfonamides is 1. The van der Waals surface area contributed by atoms with Crippen molar-refractivity contribution < 1.29 is 13.2 Å². The van der Waals surface area contributed by atoms with Crippen LogP contribution < -0.4 is 4.72 Å². The molecule has 0 aliphatic carbocycles. The average molecular weight is 259 g/mol. The van der Waals surface area contributed by atoms with Crippen molar-refractivity contribution in [3.63, 3.8) is 0 Å². The Bertz CT molecular complexity index is 479. The summed E-state index contributed by atoms with van der Waals surface area (Å²) in [6.45, 7) is 6.50. The summed E-state index contributed by atoms with van der Waals surface area (Å²) < 4.78 is 32.5.